The van der Waals surface area contributed by atoms with E-state index in [-0.39, 0.29) is 0 Å². The molecule has 0 amide bonds. The predicted molar refractivity (Wildman–Crippen MR) is 164 cm³/mol. The number of aromatic amines is 1. The molecule has 1 unspecified atom stereocenters. The maximum Gasteiger partial charge on any atom is 0.170 e. The molecular formula is C32H20N10. The Bertz CT molecular complexity index is 2330. The fraction of sp³-hybridized carbons (Fsp3) is 0.0312. The molecule has 10 nitrogen and oxygen atoms in total. The van der Waals surface area contributed by atoms with Gasteiger partial charge in [0.15, 0.2) is 35.3 Å². The Morgan fingerprint density at radius 2 is 1.02 bits per heavy atom. The number of nitrogen functional groups attached to an aromatic ring is 2. The molecule has 42 heavy (non-hydrogen) atoms. The Kier molecular flexibility index (Phi) is 4.47. The standard InChI is InChI=1S/C32H20N10/c33-15-9-11-21-23(13-15)32-40-29(21)38-27-18-6-2-1-5-17(18)25(36-27)35-26-19-7-3-4-8-20(19)28(37-26)39-31-24-14-16(34)10-12-22(24)30(41-31)42-32/h1-14,27H,33-34H2,(H,35,36,37,38,39,40,41,42). The quantitative estimate of drug-likeness (QED) is 0.256. The number of aromatic nitrogens is 1. The molecule has 5 aromatic rings. The summed E-state index contributed by atoms with van der Waals surface area (Å²) in [5, 5.41) is 1.67. The first-order valence-corrected chi connectivity index (χ1v) is 13.4. The molecule has 9 rings (SSSR count). The summed E-state index contributed by atoms with van der Waals surface area (Å²) in [6, 6.07) is 27.2. The van der Waals surface area contributed by atoms with Crippen molar-refractivity contribution in [2.45, 2.75) is 6.17 Å². The highest BCUT2D eigenvalue weighted by molar-refractivity contribution is 6.26. The molecular weight excluding hydrogens is 524 g/mol. The topological polar surface area (TPSA) is 154 Å². The van der Waals surface area contributed by atoms with E-state index >= 15 is 0 Å². The lowest BCUT2D eigenvalue weighted by Crippen LogP contribution is -2.15. The maximum absolute atomic E-state index is 6.21. The number of nitrogens with zero attached hydrogens (tertiary/aromatic N) is 7. The van der Waals surface area contributed by atoms with Gasteiger partial charge in [-0.3, -0.25) is 0 Å². The van der Waals surface area contributed by atoms with Crippen LogP contribution in [0.25, 0.3) is 10.8 Å². The first-order chi connectivity index (χ1) is 20.6. The zero-order valence-corrected chi connectivity index (χ0v) is 21.9. The fourth-order valence-electron chi connectivity index (χ4n) is 5.79. The van der Waals surface area contributed by atoms with Crippen LogP contribution in [0.1, 0.15) is 39.5 Å². The lowest BCUT2D eigenvalue weighted by molar-refractivity contribution is 0.796. The molecule has 8 bridgehead atoms. The van der Waals surface area contributed by atoms with Gasteiger partial charge in [0.05, 0.1) is 0 Å². The van der Waals surface area contributed by atoms with Crippen LogP contribution in [0.2, 0.25) is 0 Å². The molecule has 0 fully saturated rings. The van der Waals surface area contributed by atoms with E-state index in [1.807, 2.05) is 84.9 Å². The molecule has 5 heterocycles. The highest BCUT2D eigenvalue weighted by atomic mass is 15.2. The average Bonchev–Trinajstić information content (AvgIpc) is 3.72. The van der Waals surface area contributed by atoms with Crippen LogP contribution in [0.15, 0.2) is 120 Å². The molecule has 198 valence electrons. The minimum Gasteiger partial charge on any atom is -0.399 e. The van der Waals surface area contributed by atoms with Gasteiger partial charge in [-0.2, -0.15) is 0 Å². The SMILES string of the molecule is Nc1ccc2c(c1)C1=NC/2=N\C2N=C(/N=C3N=C(/N=c4\[nH]/c(c5ccc(N)cc45)=N\1)c1ccccc1\3)c1ccccc12. The van der Waals surface area contributed by atoms with Crippen molar-refractivity contribution in [2.24, 2.45) is 34.9 Å². The third-order valence-corrected chi connectivity index (χ3v) is 7.76. The van der Waals surface area contributed by atoms with Gasteiger partial charge in [0, 0.05) is 55.5 Å². The molecule has 4 aliphatic rings. The van der Waals surface area contributed by atoms with Crippen molar-refractivity contribution in [3.8, 4) is 0 Å². The van der Waals surface area contributed by atoms with E-state index in [1.165, 1.54) is 0 Å². The highest BCUT2D eigenvalue weighted by Gasteiger charge is 2.30. The molecule has 0 spiro atoms. The number of nitrogens with one attached hydrogen (secondary N) is 1. The normalized spacial score (nSPS) is 21.7. The first kappa shape index (κ1) is 22.8. The molecule has 5 N–H and O–H groups in total. The van der Waals surface area contributed by atoms with Crippen molar-refractivity contribution in [2.75, 3.05) is 11.5 Å². The second-order valence-electron chi connectivity index (χ2n) is 10.4. The summed E-state index contributed by atoms with van der Waals surface area (Å²) < 4.78 is 0. The van der Waals surface area contributed by atoms with Crippen LogP contribution in [-0.4, -0.2) is 34.2 Å². The summed E-state index contributed by atoms with van der Waals surface area (Å²) in [5.41, 5.74) is 20.1. The van der Waals surface area contributed by atoms with Crippen LogP contribution in [0, 0.1) is 0 Å². The molecule has 0 aliphatic carbocycles. The molecule has 10 heteroatoms. The second kappa shape index (κ2) is 8.24. The average molecular weight is 545 g/mol. The van der Waals surface area contributed by atoms with Gasteiger partial charge in [0.25, 0.3) is 0 Å². The van der Waals surface area contributed by atoms with Crippen LogP contribution in [0.5, 0.6) is 0 Å². The van der Waals surface area contributed by atoms with E-state index in [0.29, 0.717) is 51.5 Å². The van der Waals surface area contributed by atoms with Crippen LogP contribution in [0.4, 0.5) is 11.4 Å². The van der Waals surface area contributed by atoms with E-state index in [9.17, 15) is 0 Å². The molecule has 0 saturated carbocycles. The lowest BCUT2D eigenvalue weighted by atomic mass is 10.1. The zero-order chi connectivity index (χ0) is 27.9. The fourth-order valence-corrected chi connectivity index (χ4v) is 5.79. The van der Waals surface area contributed by atoms with E-state index < -0.39 is 6.17 Å². The number of amidine groups is 5. The minimum atomic E-state index is -0.525. The van der Waals surface area contributed by atoms with E-state index in [4.69, 9.17) is 46.4 Å². The van der Waals surface area contributed by atoms with Gasteiger partial charge in [-0.25, -0.2) is 34.9 Å². The molecule has 0 radical (unpaired) electrons. The Balaban J connectivity index is 1.40. The van der Waals surface area contributed by atoms with Crippen molar-refractivity contribution >= 4 is 51.3 Å². The minimum absolute atomic E-state index is 0.494. The number of fused-ring (bicyclic) bond motifs is 17. The van der Waals surface area contributed by atoms with Crippen molar-refractivity contribution in [3.63, 3.8) is 0 Å². The molecule has 4 aliphatic heterocycles. The van der Waals surface area contributed by atoms with Gasteiger partial charge in [-0.1, -0.05) is 48.5 Å². The van der Waals surface area contributed by atoms with Crippen molar-refractivity contribution in [1.82, 2.24) is 4.98 Å². The van der Waals surface area contributed by atoms with Crippen molar-refractivity contribution in [3.05, 3.63) is 129 Å². The third-order valence-electron chi connectivity index (χ3n) is 7.76. The number of rotatable bonds is 0. The maximum atomic E-state index is 6.21. The summed E-state index contributed by atoms with van der Waals surface area (Å²) in [6.07, 6.45) is -0.525. The Morgan fingerprint density at radius 3 is 1.81 bits per heavy atom. The molecule has 0 saturated heterocycles. The Hall–Kier alpha value is -6.03. The first-order valence-electron chi connectivity index (χ1n) is 13.4. The number of H-pyrrole nitrogens is 1. The summed E-state index contributed by atoms with van der Waals surface area (Å²) in [5.74, 6) is 2.67. The van der Waals surface area contributed by atoms with Crippen LogP contribution in [-0.2, 0) is 0 Å². The Labute approximate surface area is 238 Å². The van der Waals surface area contributed by atoms with Crippen LogP contribution in [0.3, 0.4) is 0 Å². The largest absolute Gasteiger partial charge is 0.399 e. The van der Waals surface area contributed by atoms with Gasteiger partial charge in [0.2, 0.25) is 0 Å². The number of hydrogen-bond donors (Lipinski definition) is 3. The smallest absolute Gasteiger partial charge is 0.170 e. The number of nitrogens with two attached hydrogens (primary N) is 2. The summed E-state index contributed by atoms with van der Waals surface area (Å²) in [6.45, 7) is 0. The summed E-state index contributed by atoms with van der Waals surface area (Å²) in [7, 11) is 0. The summed E-state index contributed by atoms with van der Waals surface area (Å²) >= 11 is 0. The number of benzene rings is 4. The lowest BCUT2D eigenvalue weighted by Gasteiger charge is -2.05. The van der Waals surface area contributed by atoms with Crippen LogP contribution >= 0.6 is 0 Å². The van der Waals surface area contributed by atoms with E-state index in [1.54, 1.807) is 0 Å². The molecule has 4 aromatic carbocycles. The third kappa shape index (κ3) is 3.29. The van der Waals surface area contributed by atoms with E-state index in [2.05, 4.69) is 4.98 Å². The molecule has 1 aromatic heterocycles. The van der Waals surface area contributed by atoms with Gasteiger partial charge >= 0.3 is 0 Å². The van der Waals surface area contributed by atoms with Gasteiger partial charge in [0.1, 0.15) is 11.0 Å². The number of anilines is 2. The second-order valence-corrected chi connectivity index (χ2v) is 10.4. The van der Waals surface area contributed by atoms with E-state index in [0.717, 1.165) is 44.2 Å². The van der Waals surface area contributed by atoms with Gasteiger partial charge in [-0.15, -0.1) is 0 Å². The number of aliphatic imine (C=N–C) groups is 5. The van der Waals surface area contributed by atoms with Crippen molar-refractivity contribution < 1.29 is 0 Å². The summed E-state index contributed by atoms with van der Waals surface area (Å²) in [4.78, 5) is 38.1. The molecule has 1 atom stereocenters. The Morgan fingerprint density at radius 1 is 0.476 bits per heavy atom. The van der Waals surface area contributed by atoms with Crippen LogP contribution < -0.4 is 22.4 Å². The zero-order valence-electron chi connectivity index (χ0n) is 21.9. The van der Waals surface area contributed by atoms with Gasteiger partial charge in [-0.05, 0) is 36.4 Å². The monoisotopic (exact) mass is 544 g/mol. The highest BCUT2D eigenvalue weighted by Crippen LogP contribution is 2.34. The number of hydrogen-bond acceptors (Lipinski definition) is 9. The predicted octanol–water partition coefficient (Wildman–Crippen LogP) is 3.46. The van der Waals surface area contributed by atoms with Crippen molar-refractivity contribution in [1.29, 1.82) is 0 Å². The van der Waals surface area contributed by atoms with Gasteiger partial charge < -0.3 is 16.5 Å².